The van der Waals surface area contributed by atoms with Crippen LogP contribution in [0, 0.1) is 11.8 Å². The van der Waals surface area contributed by atoms with E-state index in [2.05, 4.69) is 55.1 Å². The Hall–Kier alpha value is -2.57. The van der Waals surface area contributed by atoms with Gasteiger partial charge in [0.05, 0.1) is 24.5 Å². The number of aryl methyl sites for hydroxylation is 1. The Morgan fingerprint density at radius 1 is 1.07 bits per heavy atom. The molecule has 1 spiro atoms. The summed E-state index contributed by atoms with van der Waals surface area (Å²) in [7, 11) is 0. The van der Waals surface area contributed by atoms with Gasteiger partial charge in [-0.2, -0.15) is 0 Å². The Labute approximate surface area is 251 Å². The van der Waals surface area contributed by atoms with Gasteiger partial charge in [0.2, 0.25) is 5.91 Å². The second kappa shape index (κ2) is 10.9. The molecule has 0 aromatic heterocycles. The number of ether oxygens (including phenoxy) is 1. The molecule has 1 amide bonds. The number of rotatable bonds is 11. The van der Waals surface area contributed by atoms with E-state index >= 15 is 0 Å². The number of piperidine rings is 1. The molecule has 2 bridgehead atoms. The van der Waals surface area contributed by atoms with E-state index in [0.717, 1.165) is 69.5 Å². The number of phenols is 1. The number of aliphatic hydroxyl groups is 1. The summed E-state index contributed by atoms with van der Waals surface area (Å²) in [6.07, 6.45) is 10.0. The predicted molar refractivity (Wildman–Crippen MR) is 163 cm³/mol. The average Bonchev–Trinajstić information content (AvgIpc) is 3.72. The average molecular weight is 574 g/mol. The van der Waals surface area contributed by atoms with E-state index < -0.39 is 11.0 Å². The number of quaternary nitrogens is 1. The van der Waals surface area contributed by atoms with Gasteiger partial charge in [-0.05, 0) is 68.1 Å². The van der Waals surface area contributed by atoms with Crippen molar-refractivity contribution in [2.75, 3.05) is 19.6 Å². The van der Waals surface area contributed by atoms with Crippen molar-refractivity contribution in [3.8, 4) is 11.5 Å². The number of carbonyl (C=O) groups is 1. The fraction of sp³-hybridized carbons (Fsp3) is 0.639. The van der Waals surface area contributed by atoms with Crippen molar-refractivity contribution in [1.29, 1.82) is 0 Å². The summed E-state index contributed by atoms with van der Waals surface area (Å²) in [6.45, 7) is 7.23. The largest absolute Gasteiger partial charge is 0.504 e. The van der Waals surface area contributed by atoms with Crippen LogP contribution in [0.2, 0.25) is 0 Å². The van der Waals surface area contributed by atoms with Crippen molar-refractivity contribution in [2.45, 2.75) is 114 Å². The van der Waals surface area contributed by atoms with Crippen LogP contribution in [0.25, 0.3) is 0 Å². The Balaban J connectivity index is 1.14. The summed E-state index contributed by atoms with van der Waals surface area (Å²) in [5, 5.41) is 23.8. The van der Waals surface area contributed by atoms with Crippen molar-refractivity contribution in [3.05, 3.63) is 59.2 Å². The standard InChI is InChI=1S/C36H48N2O4/c1-24(2)22-38(31(40)12-8-4-7-11-25-9-5-3-6-10-25)28-17-18-36(41)30-21-27-15-16-29(39)33-32(27)35(36,34(28)42-33)19-20-37(30)23-26-13-14-26/h3,5-6,9-10,15-16,24,26,28,30,34,39,41H,4,7-8,11-14,17-23H2,1-2H3/p+1. The number of aromatic hydroxyl groups is 1. The molecule has 2 aromatic rings. The number of unbranched alkanes of at least 4 members (excludes halogenated alkanes) is 2. The number of likely N-dealkylation sites (tertiary alicyclic amines) is 1. The number of benzene rings is 2. The summed E-state index contributed by atoms with van der Waals surface area (Å²) >= 11 is 0. The summed E-state index contributed by atoms with van der Waals surface area (Å²) in [6, 6.07) is 14.5. The maximum atomic E-state index is 14.0. The third kappa shape index (κ3) is 4.55. The van der Waals surface area contributed by atoms with Crippen LogP contribution in [0.15, 0.2) is 42.5 Å². The van der Waals surface area contributed by atoms with Crippen LogP contribution in [0.5, 0.6) is 11.5 Å². The highest BCUT2D eigenvalue weighted by Gasteiger charge is 2.75. The molecule has 0 radical (unpaired) electrons. The molecular weight excluding hydrogens is 524 g/mol. The molecule has 6 atom stereocenters. The minimum atomic E-state index is -0.882. The number of hydrogen-bond acceptors (Lipinski definition) is 4. The van der Waals surface area contributed by atoms with Crippen molar-refractivity contribution in [3.63, 3.8) is 0 Å². The van der Waals surface area contributed by atoms with Crippen LogP contribution in [-0.4, -0.2) is 64.4 Å². The third-order valence-corrected chi connectivity index (χ3v) is 11.4. The topological polar surface area (TPSA) is 74.4 Å². The van der Waals surface area contributed by atoms with Crippen LogP contribution in [0.3, 0.4) is 0 Å². The van der Waals surface area contributed by atoms with E-state index in [1.165, 1.54) is 24.0 Å². The zero-order valence-corrected chi connectivity index (χ0v) is 25.5. The minimum Gasteiger partial charge on any atom is -0.504 e. The number of carbonyl (C=O) groups excluding carboxylic acids is 1. The minimum absolute atomic E-state index is 0.104. The second-order valence-corrected chi connectivity index (χ2v) is 14.5. The molecule has 3 fully saturated rings. The van der Waals surface area contributed by atoms with Gasteiger partial charge in [0.15, 0.2) is 11.5 Å². The van der Waals surface area contributed by atoms with E-state index in [1.807, 2.05) is 0 Å². The van der Waals surface area contributed by atoms with Crippen molar-refractivity contribution >= 4 is 5.91 Å². The molecule has 2 saturated carbocycles. The Kier molecular flexibility index (Phi) is 7.29. The highest BCUT2D eigenvalue weighted by atomic mass is 16.5. The molecule has 3 N–H and O–H groups in total. The fourth-order valence-electron chi connectivity index (χ4n) is 9.39. The van der Waals surface area contributed by atoms with Crippen LogP contribution in [0.4, 0.5) is 0 Å². The lowest BCUT2D eigenvalue weighted by Gasteiger charge is -2.63. The first-order valence-corrected chi connectivity index (χ1v) is 16.7. The first kappa shape index (κ1) is 28.2. The van der Waals surface area contributed by atoms with Gasteiger partial charge in [0.25, 0.3) is 0 Å². The van der Waals surface area contributed by atoms with Gasteiger partial charge in [0, 0.05) is 37.3 Å². The van der Waals surface area contributed by atoms with E-state index in [1.54, 1.807) is 11.0 Å². The number of nitrogens with zero attached hydrogens (tertiary/aromatic N) is 1. The molecule has 6 heteroatoms. The van der Waals surface area contributed by atoms with Gasteiger partial charge in [0.1, 0.15) is 17.7 Å². The van der Waals surface area contributed by atoms with E-state index in [0.29, 0.717) is 31.1 Å². The maximum absolute atomic E-state index is 14.0. The number of hydrogen-bond donors (Lipinski definition) is 3. The molecular formula is C36H49N2O4+. The molecule has 1 saturated heterocycles. The Morgan fingerprint density at radius 3 is 2.64 bits per heavy atom. The van der Waals surface area contributed by atoms with Crippen molar-refractivity contribution in [2.24, 2.45) is 11.8 Å². The third-order valence-electron chi connectivity index (χ3n) is 11.4. The monoisotopic (exact) mass is 573 g/mol. The lowest BCUT2D eigenvalue weighted by molar-refractivity contribution is -0.944. The summed E-state index contributed by atoms with van der Waals surface area (Å²) < 4.78 is 6.81. The zero-order chi connectivity index (χ0) is 29.1. The smallest absolute Gasteiger partial charge is 0.222 e. The van der Waals surface area contributed by atoms with Gasteiger partial charge in [-0.25, -0.2) is 0 Å². The lowest BCUT2D eigenvalue weighted by atomic mass is 9.48. The molecule has 6 unspecified atom stereocenters. The van der Waals surface area contributed by atoms with E-state index in [4.69, 9.17) is 4.74 Å². The quantitative estimate of drug-likeness (QED) is 0.353. The highest BCUT2D eigenvalue weighted by Crippen LogP contribution is 2.64. The van der Waals surface area contributed by atoms with Gasteiger partial charge < -0.3 is 24.7 Å². The maximum Gasteiger partial charge on any atom is 0.222 e. The first-order chi connectivity index (χ1) is 20.3. The summed E-state index contributed by atoms with van der Waals surface area (Å²) in [5.74, 6) is 2.09. The predicted octanol–water partition coefficient (Wildman–Crippen LogP) is 4.20. The number of amides is 1. The molecule has 226 valence electrons. The Morgan fingerprint density at radius 2 is 1.88 bits per heavy atom. The molecule has 3 aliphatic carbocycles. The van der Waals surface area contributed by atoms with E-state index in [9.17, 15) is 15.0 Å². The molecule has 42 heavy (non-hydrogen) atoms. The van der Waals surface area contributed by atoms with Crippen LogP contribution in [0.1, 0.15) is 88.3 Å². The first-order valence-electron chi connectivity index (χ1n) is 16.7. The zero-order valence-electron chi connectivity index (χ0n) is 25.5. The molecule has 7 rings (SSSR count). The van der Waals surface area contributed by atoms with Gasteiger partial charge in [-0.15, -0.1) is 0 Å². The second-order valence-electron chi connectivity index (χ2n) is 14.5. The van der Waals surface area contributed by atoms with Crippen molar-refractivity contribution in [1.82, 2.24) is 4.90 Å². The van der Waals surface area contributed by atoms with Gasteiger partial charge in [-0.3, -0.25) is 4.79 Å². The molecule has 2 heterocycles. The Bertz CT molecular complexity index is 1310. The van der Waals surface area contributed by atoms with Crippen LogP contribution < -0.4 is 9.64 Å². The molecule has 2 aliphatic heterocycles. The SMILES string of the molecule is CC(C)CN(C(=O)CCCCCc1ccccc1)C1CCC2(O)C3Cc4ccc(O)c5c4C2(CC[NH+]3CC2CC2)C1O5. The fourth-order valence-corrected chi connectivity index (χ4v) is 9.39. The van der Waals surface area contributed by atoms with E-state index in [-0.39, 0.29) is 29.8 Å². The lowest BCUT2D eigenvalue weighted by Crippen LogP contribution is -3.21. The van der Waals surface area contributed by atoms with Gasteiger partial charge in [-0.1, -0.05) is 56.7 Å². The molecule has 6 nitrogen and oxygen atoms in total. The molecule has 2 aromatic carbocycles. The normalized spacial score (nSPS) is 32.4. The van der Waals surface area contributed by atoms with Crippen LogP contribution in [-0.2, 0) is 23.1 Å². The van der Waals surface area contributed by atoms with Crippen LogP contribution >= 0.6 is 0 Å². The van der Waals surface area contributed by atoms with Crippen molar-refractivity contribution < 1.29 is 24.6 Å². The number of nitrogens with one attached hydrogen (secondary N) is 1. The summed E-state index contributed by atoms with van der Waals surface area (Å²) in [5.41, 5.74) is 2.19. The molecule has 5 aliphatic rings. The highest BCUT2D eigenvalue weighted by molar-refractivity contribution is 5.77. The van der Waals surface area contributed by atoms with Gasteiger partial charge >= 0.3 is 0 Å². The summed E-state index contributed by atoms with van der Waals surface area (Å²) in [4.78, 5) is 17.7. The number of phenolic OH excluding ortho intramolecular Hbond substituents is 1.